The molecule has 7 heteroatoms. The maximum Gasteiger partial charge on any atom is 0.261 e. The molecular formula is C9H16ClN3O2S. The quantitative estimate of drug-likeness (QED) is 0.748. The summed E-state index contributed by atoms with van der Waals surface area (Å²) in [5.74, 6) is 0. The number of rotatable bonds is 5. The van der Waals surface area contributed by atoms with Crippen LogP contribution in [0.5, 0.6) is 0 Å². The van der Waals surface area contributed by atoms with Gasteiger partial charge in [-0.25, -0.2) is 13.4 Å². The lowest BCUT2D eigenvalue weighted by Crippen LogP contribution is -2.29. The Kier molecular flexibility index (Phi) is 4.35. The zero-order valence-corrected chi connectivity index (χ0v) is 11.2. The summed E-state index contributed by atoms with van der Waals surface area (Å²) in [7, 11) is -0.211. The molecule has 1 aromatic rings. The highest BCUT2D eigenvalue weighted by atomic mass is 35.5. The molecule has 0 saturated heterocycles. The van der Waals surface area contributed by atoms with Crippen LogP contribution in [0, 0.1) is 0 Å². The van der Waals surface area contributed by atoms with Crippen molar-refractivity contribution in [3.8, 4) is 0 Å². The van der Waals surface area contributed by atoms with Crippen LogP contribution in [0.4, 0.5) is 0 Å². The van der Waals surface area contributed by atoms with E-state index in [0.717, 1.165) is 0 Å². The Labute approximate surface area is 101 Å². The number of alkyl halides is 1. The van der Waals surface area contributed by atoms with Gasteiger partial charge in [-0.1, -0.05) is 0 Å². The minimum atomic E-state index is -3.47. The van der Waals surface area contributed by atoms with Crippen LogP contribution in [-0.2, 0) is 17.1 Å². The molecule has 0 spiro atoms. The molecule has 0 aromatic carbocycles. The molecule has 0 fully saturated rings. The van der Waals surface area contributed by atoms with Crippen molar-refractivity contribution in [1.29, 1.82) is 0 Å². The summed E-state index contributed by atoms with van der Waals surface area (Å²) in [6.07, 6.45) is 3.56. The Morgan fingerprint density at radius 1 is 1.62 bits per heavy atom. The molecule has 1 unspecified atom stereocenters. The maximum atomic E-state index is 12.0. The van der Waals surface area contributed by atoms with Gasteiger partial charge in [0.2, 0.25) is 0 Å². The topological polar surface area (TPSA) is 55.2 Å². The van der Waals surface area contributed by atoms with Gasteiger partial charge in [0.05, 0.1) is 6.33 Å². The van der Waals surface area contributed by atoms with Gasteiger partial charge in [-0.15, -0.1) is 11.6 Å². The van der Waals surface area contributed by atoms with Gasteiger partial charge in [-0.05, 0) is 13.3 Å². The fourth-order valence-corrected chi connectivity index (χ4v) is 2.40. The smallest absolute Gasteiger partial charge is 0.261 e. The molecule has 0 radical (unpaired) electrons. The van der Waals surface area contributed by atoms with E-state index in [1.165, 1.54) is 23.9 Å². The lowest BCUT2D eigenvalue weighted by atomic mass is 10.3. The second kappa shape index (κ2) is 5.16. The van der Waals surface area contributed by atoms with E-state index in [1.54, 1.807) is 11.6 Å². The fraction of sp³-hybridized carbons (Fsp3) is 0.667. The van der Waals surface area contributed by atoms with Crippen molar-refractivity contribution in [2.75, 3.05) is 13.6 Å². The first-order valence-electron chi connectivity index (χ1n) is 4.92. The monoisotopic (exact) mass is 265 g/mol. The zero-order chi connectivity index (χ0) is 12.3. The van der Waals surface area contributed by atoms with Gasteiger partial charge in [0, 0.05) is 32.2 Å². The zero-order valence-electron chi connectivity index (χ0n) is 9.59. The highest BCUT2D eigenvalue weighted by Crippen LogP contribution is 2.12. The number of imidazole rings is 1. The van der Waals surface area contributed by atoms with E-state index in [2.05, 4.69) is 4.98 Å². The number of aromatic nitrogens is 2. The number of aryl methyl sites for hydroxylation is 1. The van der Waals surface area contributed by atoms with Crippen molar-refractivity contribution in [3.05, 3.63) is 12.5 Å². The third-order valence-corrected chi connectivity index (χ3v) is 4.16. The Balaban J connectivity index is 2.78. The molecule has 1 heterocycles. The molecule has 0 amide bonds. The molecule has 5 nitrogen and oxygen atoms in total. The first-order chi connectivity index (χ1) is 7.34. The Hall–Kier alpha value is -0.590. The molecule has 1 aromatic heterocycles. The van der Waals surface area contributed by atoms with Crippen molar-refractivity contribution in [2.45, 2.75) is 23.7 Å². The maximum absolute atomic E-state index is 12.0. The molecule has 0 bridgehead atoms. The van der Waals surface area contributed by atoms with E-state index < -0.39 is 10.0 Å². The lowest BCUT2D eigenvalue weighted by Gasteiger charge is -2.15. The van der Waals surface area contributed by atoms with Crippen LogP contribution in [0.15, 0.2) is 17.6 Å². The first-order valence-corrected chi connectivity index (χ1v) is 6.80. The summed E-state index contributed by atoms with van der Waals surface area (Å²) in [6.45, 7) is 2.23. The average Bonchev–Trinajstić information content (AvgIpc) is 2.61. The number of hydrogen-bond donors (Lipinski definition) is 0. The van der Waals surface area contributed by atoms with Crippen molar-refractivity contribution in [3.63, 3.8) is 0 Å². The summed E-state index contributed by atoms with van der Waals surface area (Å²) < 4.78 is 26.8. The molecule has 0 aliphatic carbocycles. The third kappa shape index (κ3) is 3.20. The average molecular weight is 266 g/mol. The van der Waals surface area contributed by atoms with Crippen molar-refractivity contribution < 1.29 is 8.42 Å². The van der Waals surface area contributed by atoms with Gasteiger partial charge < -0.3 is 4.57 Å². The molecule has 92 valence electrons. The number of nitrogens with zero attached hydrogens (tertiary/aromatic N) is 3. The molecule has 0 saturated carbocycles. The first kappa shape index (κ1) is 13.5. The van der Waals surface area contributed by atoms with Gasteiger partial charge in [0.1, 0.15) is 0 Å². The normalized spacial score (nSPS) is 14.3. The Morgan fingerprint density at radius 3 is 2.69 bits per heavy atom. The summed E-state index contributed by atoms with van der Waals surface area (Å²) in [4.78, 5) is 3.84. The van der Waals surface area contributed by atoms with E-state index in [1.807, 2.05) is 6.92 Å². The number of halogens is 1. The van der Waals surface area contributed by atoms with Crippen LogP contribution in [0.1, 0.15) is 13.3 Å². The highest BCUT2D eigenvalue weighted by molar-refractivity contribution is 7.89. The van der Waals surface area contributed by atoms with Gasteiger partial charge >= 0.3 is 0 Å². The fourth-order valence-electron chi connectivity index (χ4n) is 1.16. The van der Waals surface area contributed by atoms with Gasteiger partial charge in [-0.3, -0.25) is 0 Å². The summed E-state index contributed by atoms with van der Waals surface area (Å²) >= 11 is 5.78. The van der Waals surface area contributed by atoms with Gasteiger partial charge in [0.15, 0.2) is 5.03 Å². The SMILES string of the molecule is CC(Cl)CCN(C)S(=O)(=O)c1cn(C)cn1. The van der Waals surface area contributed by atoms with Crippen LogP contribution >= 0.6 is 11.6 Å². The largest absolute Gasteiger partial charge is 0.339 e. The minimum Gasteiger partial charge on any atom is -0.339 e. The standard InChI is InChI=1S/C9H16ClN3O2S/c1-8(10)4-5-13(3)16(14,15)9-6-12(2)7-11-9/h6-8H,4-5H2,1-3H3. The number of hydrogen-bond acceptors (Lipinski definition) is 3. The molecule has 1 atom stereocenters. The summed E-state index contributed by atoms with van der Waals surface area (Å²) in [5, 5.41) is 0.0288. The molecule has 1 rings (SSSR count). The second-order valence-corrected chi connectivity index (χ2v) is 6.51. The summed E-state index contributed by atoms with van der Waals surface area (Å²) in [6, 6.07) is 0. The van der Waals surface area contributed by atoms with Crippen molar-refractivity contribution in [1.82, 2.24) is 13.9 Å². The van der Waals surface area contributed by atoms with Crippen molar-refractivity contribution >= 4 is 21.6 Å². The van der Waals surface area contributed by atoms with Crippen LogP contribution in [0.2, 0.25) is 0 Å². The van der Waals surface area contributed by atoms with Crippen molar-refractivity contribution in [2.24, 2.45) is 7.05 Å². The van der Waals surface area contributed by atoms with Crippen LogP contribution in [0.25, 0.3) is 0 Å². The van der Waals surface area contributed by atoms with E-state index in [-0.39, 0.29) is 10.4 Å². The number of sulfonamides is 1. The van der Waals surface area contributed by atoms with Crippen LogP contribution in [0.3, 0.4) is 0 Å². The minimum absolute atomic E-state index is 0.0404. The third-order valence-electron chi connectivity index (χ3n) is 2.20. The van der Waals surface area contributed by atoms with Gasteiger partial charge in [-0.2, -0.15) is 4.31 Å². The van der Waals surface area contributed by atoms with E-state index in [0.29, 0.717) is 13.0 Å². The predicted octanol–water partition coefficient (Wildman–Crippen LogP) is 1.06. The predicted molar refractivity (Wildman–Crippen MR) is 63.0 cm³/mol. The molecule has 16 heavy (non-hydrogen) atoms. The van der Waals surface area contributed by atoms with Crippen LogP contribution < -0.4 is 0 Å². The summed E-state index contributed by atoms with van der Waals surface area (Å²) in [5.41, 5.74) is 0. The molecular weight excluding hydrogens is 250 g/mol. The lowest BCUT2D eigenvalue weighted by molar-refractivity contribution is 0.458. The van der Waals surface area contributed by atoms with Gasteiger partial charge in [0.25, 0.3) is 10.0 Å². The van der Waals surface area contributed by atoms with E-state index in [4.69, 9.17) is 11.6 Å². The Bertz CT molecular complexity index is 441. The van der Waals surface area contributed by atoms with E-state index in [9.17, 15) is 8.42 Å². The second-order valence-electron chi connectivity index (χ2n) is 3.77. The molecule has 0 aliphatic rings. The van der Waals surface area contributed by atoms with Crippen LogP contribution in [-0.4, -0.2) is 41.2 Å². The van der Waals surface area contributed by atoms with E-state index >= 15 is 0 Å². The molecule has 0 aliphatic heterocycles. The highest BCUT2D eigenvalue weighted by Gasteiger charge is 2.23. The molecule has 0 N–H and O–H groups in total. The Morgan fingerprint density at radius 2 is 2.25 bits per heavy atom.